The third-order valence-electron chi connectivity index (χ3n) is 6.10. The third-order valence-corrected chi connectivity index (χ3v) is 6.10. The van der Waals surface area contributed by atoms with Gasteiger partial charge in [-0.15, -0.1) is 0 Å². The molecule has 1 N–H and O–H groups in total. The second-order valence-corrected chi connectivity index (χ2v) is 9.86. The summed E-state index contributed by atoms with van der Waals surface area (Å²) in [5.74, 6) is -0.128. The lowest BCUT2D eigenvalue weighted by molar-refractivity contribution is 0.00578. The number of benzene rings is 2. The van der Waals surface area contributed by atoms with E-state index in [0.29, 0.717) is 5.56 Å². The highest BCUT2D eigenvalue weighted by molar-refractivity contribution is 6.63. The van der Waals surface area contributed by atoms with E-state index in [1.807, 2.05) is 43.3 Å². The van der Waals surface area contributed by atoms with E-state index in [4.69, 9.17) is 9.31 Å². The molecule has 5 heteroatoms. The van der Waals surface area contributed by atoms with Gasteiger partial charge in [0, 0.05) is 11.3 Å². The Bertz CT molecular complexity index is 898. The fourth-order valence-corrected chi connectivity index (χ4v) is 3.57. The molecular formula is C24H32BNO3. The van der Waals surface area contributed by atoms with E-state index in [2.05, 4.69) is 59.8 Å². The monoisotopic (exact) mass is 393 g/mol. The van der Waals surface area contributed by atoms with Gasteiger partial charge in [0.25, 0.3) is 5.91 Å². The summed E-state index contributed by atoms with van der Waals surface area (Å²) in [6, 6.07) is 13.3. The molecule has 0 radical (unpaired) electrons. The minimum absolute atomic E-state index is 0.0916. The minimum Gasteiger partial charge on any atom is -0.399 e. The van der Waals surface area contributed by atoms with Gasteiger partial charge >= 0.3 is 7.12 Å². The molecule has 0 bridgehead atoms. The average Bonchev–Trinajstić information content (AvgIpc) is 2.83. The SMILES string of the molecule is Cc1c(NC(=O)c2ccccc2)ccc(C(C)(C)C)c1B1OC(C)(C)C(C)(C)O1. The van der Waals surface area contributed by atoms with Gasteiger partial charge in [0.1, 0.15) is 0 Å². The Morgan fingerprint density at radius 2 is 1.48 bits per heavy atom. The maximum absolute atomic E-state index is 12.7. The van der Waals surface area contributed by atoms with Crippen LogP contribution in [0.1, 0.15) is 70.0 Å². The Kier molecular flexibility index (Phi) is 5.44. The topological polar surface area (TPSA) is 47.6 Å². The van der Waals surface area contributed by atoms with Gasteiger partial charge in [-0.3, -0.25) is 4.79 Å². The predicted molar refractivity (Wildman–Crippen MR) is 120 cm³/mol. The van der Waals surface area contributed by atoms with Crippen LogP contribution in [0.2, 0.25) is 0 Å². The molecule has 2 aromatic rings. The van der Waals surface area contributed by atoms with Gasteiger partial charge < -0.3 is 14.6 Å². The summed E-state index contributed by atoms with van der Waals surface area (Å²) in [4.78, 5) is 12.7. The van der Waals surface area contributed by atoms with Crippen molar-refractivity contribution in [1.29, 1.82) is 0 Å². The van der Waals surface area contributed by atoms with E-state index in [1.165, 1.54) is 0 Å². The average molecular weight is 393 g/mol. The van der Waals surface area contributed by atoms with Crippen molar-refractivity contribution in [2.75, 3.05) is 5.32 Å². The molecule has 0 saturated carbocycles. The molecule has 0 spiro atoms. The Balaban J connectivity index is 2.04. The summed E-state index contributed by atoms with van der Waals surface area (Å²) in [6.45, 7) is 16.8. The van der Waals surface area contributed by atoms with E-state index < -0.39 is 18.3 Å². The van der Waals surface area contributed by atoms with Gasteiger partial charge in [0.05, 0.1) is 11.2 Å². The number of rotatable bonds is 3. The molecular weight excluding hydrogens is 361 g/mol. The van der Waals surface area contributed by atoms with Crippen LogP contribution in [0.25, 0.3) is 0 Å². The first-order valence-electron chi connectivity index (χ1n) is 10.2. The second kappa shape index (κ2) is 7.30. The number of hydrogen-bond donors (Lipinski definition) is 1. The van der Waals surface area contributed by atoms with Crippen molar-refractivity contribution in [3.8, 4) is 0 Å². The highest BCUT2D eigenvalue weighted by atomic mass is 16.7. The largest absolute Gasteiger partial charge is 0.495 e. The van der Waals surface area contributed by atoms with Crippen LogP contribution in [-0.2, 0) is 14.7 Å². The van der Waals surface area contributed by atoms with Crippen LogP contribution in [0.5, 0.6) is 0 Å². The van der Waals surface area contributed by atoms with Crippen LogP contribution < -0.4 is 10.8 Å². The second-order valence-electron chi connectivity index (χ2n) is 9.86. The van der Waals surface area contributed by atoms with Crippen molar-refractivity contribution in [2.45, 2.75) is 72.0 Å². The van der Waals surface area contributed by atoms with E-state index in [0.717, 1.165) is 22.3 Å². The van der Waals surface area contributed by atoms with E-state index in [1.54, 1.807) is 0 Å². The van der Waals surface area contributed by atoms with Crippen LogP contribution in [0.15, 0.2) is 42.5 Å². The lowest BCUT2D eigenvalue weighted by atomic mass is 9.67. The zero-order valence-corrected chi connectivity index (χ0v) is 18.8. The first-order chi connectivity index (χ1) is 13.3. The molecule has 2 aromatic carbocycles. The van der Waals surface area contributed by atoms with Crippen molar-refractivity contribution < 1.29 is 14.1 Å². The molecule has 3 rings (SSSR count). The molecule has 1 fully saturated rings. The first kappa shape index (κ1) is 21.6. The fourth-order valence-electron chi connectivity index (χ4n) is 3.57. The lowest BCUT2D eigenvalue weighted by Crippen LogP contribution is -2.42. The van der Waals surface area contributed by atoms with Gasteiger partial charge in [0.15, 0.2) is 0 Å². The molecule has 0 aliphatic carbocycles. The van der Waals surface area contributed by atoms with Crippen molar-refractivity contribution >= 4 is 24.2 Å². The summed E-state index contributed by atoms with van der Waals surface area (Å²) in [5, 5.41) is 3.06. The van der Waals surface area contributed by atoms with Gasteiger partial charge in [-0.25, -0.2) is 0 Å². The number of amides is 1. The summed E-state index contributed by atoms with van der Waals surface area (Å²) < 4.78 is 12.8. The maximum Gasteiger partial charge on any atom is 0.495 e. The molecule has 0 unspecified atom stereocenters. The Morgan fingerprint density at radius 3 is 2.00 bits per heavy atom. The maximum atomic E-state index is 12.7. The molecule has 1 amide bonds. The third kappa shape index (κ3) is 4.12. The smallest absolute Gasteiger partial charge is 0.399 e. The summed E-state index contributed by atoms with van der Waals surface area (Å²) in [5.41, 5.74) is 3.59. The van der Waals surface area contributed by atoms with Gasteiger partial charge in [0.2, 0.25) is 0 Å². The Labute approximate surface area is 175 Å². The molecule has 29 heavy (non-hydrogen) atoms. The normalized spacial score (nSPS) is 18.0. The number of carbonyl (C=O) groups is 1. The highest BCUT2D eigenvalue weighted by Gasteiger charge is 2.53. The van der Waals surface area contributed by atoms with Gasteiger partial charge in [-0.05, 0) is 74.8 Å². The van der Waals surface area contributed by atoms with Gasteiger partial charge in [-0.1, -0.05) is 45.0 Å². The number of carbonyl (C=O) groups excluding carboxylic acids is 1. The van der Waals surface area contributed by atoms with Crippen molar-refractivity contribution in [3.63, 3.8) is 0 Å². The number of nitrogens with one attached hydrogen (secondary N) is 1. The molecule has 0 atom stereocenters. The first-order valence-corrected chi connectivity index (χ1v) is 10.2. The predicted octanol–water partition coefficient (Wildman–Crippen LogP) is 4.84. The van der Waals surface area contributed by atoms with Gasteiger partial charge in [-0.2, -0.15) is 0 Å². The highest BCUT2D eigenvalue weighted by Crippen LogP contribution is 2.38. The fraction of sp³-hybridized carbons (Fsp3) is 0.458. The molecule has 1 aliphatic heterocycles. The van der Waals surface area contributed by atoms with Crippen LogP contribution in [-0.4, -0.2) is 24.2 Å². The number of hydrogen-bond acceptors (Lipinski definition) is 3. The summed E-state index contributed by atoms with van der Waals surface area (Å²) in [7, 11) is -0.484. The standard InChI is InChI=1S/C24H32BNO3/c1-16-19(26-21(27)17-12-10-9-11-13-17)15-14-18(22(2,3)4)20(16)25-28-23(5,6)24(7,8)29-25/h9-15H,1-8H3,(H,26,27). The van der Waals surface area contributed by atoms with E-state index in [-0.39, 0.29) is 11.3 Å². The number of anilines is 1. The van der Waals surface area contributed by atoms with Crippen molar-refractivity contribution in [3.05, 3.63) is 59.2 Å². The molecule has 1 saturated heterocycles. The van der Waals surface area contributed by atoms with Crippen LogP contribution in [0.4, 0.5) is 5.69 Å². The molecule has 1 aliphatic rings. The Hall–Kier alpha value is -2.11. The van der Waals surface area contributed by atoms with Crippen LogP contribution >= 0.6 is 0 Å². The van der Waals surface area contributed by atoms with Crippen molar-refractivity contribution in [1.82, 2.24) is 0 Å². The molecule has 0 aromatic heterocycles. The minimum atomic E-state index is -0.484. The lowest BCUT2D eigenvalue weighted by Gasteiger charge is -2.32. The van der Waals surface area contributed by atoms with Crippen LogP contribution in [0, 0.1) is 6.92 Å². The summed E-state index contributed by atoms with van der Waals surface area (Å²) >= 11 is 0. The van der Waals surface area contributed by atoms with Crippen LogP contribution in [0.3, 0.4) is 0 Å². The molecule has 1 heterocycles. The zero-order chi connectivity index (χ0) is 21.6. The molecule has 4 nitrogen and oxygen atoms in total. The quantitative estimate of drug-likeness (QED) is 0.759. The zero-order valence-electron chi connectivity index (χ0n) is 18.8. The Morgan fingerprint density at radius 1 is 0.931 bits per heavy atom. The summed E-state index contributed by atoms with van der Waals surface area (Å²) in [6.07, 6.45) is 0. The van der Waals surface area contributed by atoms with Crippen molar-refractivity contribution in [2.24, 2.45) is 0 Å². The van der Waals surface area contributed by atoms with E-state index in [9.17, 15) is 4.79 Å². The molecule has 154 valence electrons. The van der Waals surface area contributed by atoms with E-state index >= 15 is 0 Å².